The SMILES string of the molecule is CCCCOC(=O)N1CCN(C(=O)[C@H](C#P=O)NC(=O)c2cc(N(C)CCOC)nc(-c3ccccc3)n2)CC1. The van der Waals surface area contributed by atoms with E-state index in [2.05, 4.69) is 20.9 Å². The third kappa shape index (κ3) is 8.64. The first-order chi connectivity index (χ1) is 19.4. The van der Waals surface area contributed by atoms with E-state index in [1.807, 2.05) is 49.2 Å². The van der Waals surface area contributed by atoms with Crippen molar-refractivity contribution >= 4 is 31.6 Å². The molecular formula is C27H35N6O6P. The maximum atomic E-state index is 13.3. The minimum atomic E-state index is -1.28. The Hall–Kier alpha value is -3.72. The van der Waals surface area contributed by atoms with Gasteiger partial charge >= 0.3 is 228 Å². The Balaban J connectivity index is 1.74. The molecule has 2 heterocycles. The zero-order valence-electron chi connectivity index (χ0n) is 23.0. The number of methoxy groups -OCH3 is 1. The second-order valence-corrected chi connectivity index (χ2v) is 9.56. The average molecular weight is 571 g/mol. The number of carbonyl (C=O) groups is 3. The molecule has 0 aliphatic carbocycles. The Labute approximate surface area is 235 Å². The number of piperazine rings is 1. The van der Waals surface area contributed by atoms with Gasteiger partial charge in [-0.3, -0.25) is 0 Å². The van der Waals surface area contributed by atoms with Crippen LogP contribution < -0.4 is 10.2 Å². The Morgan fingerprint density at radius 3 is 2.45 bits per heavy atom. The van der Waals surface area contributed by atoms with Crippen molar-refractivity contribution < 1.29 is 28.4 Å². The standard InChI is InChI=1S/C27H35N6O6P/c1-4-5-16-39-27(36)33-13-11-32(12-14-33)26(35)22(19-40-37)29-25(34)21-18-23(31(2)15-17-38-3)30-24(28-21)20-9-7-6-8-10-20/h6-10,18,22H,4-5,11-17H2,1-3H3,(H,29,34)/t22-/m0/s1. The van der Waals surface area contributed by atoms with E-state index in [4.69, 9.17) is 9.47 Å². The molecule has 214 valence electrons. The van der Waals surface area contributed by atoms with Gasteiger partial charge in [0.15, 0.2) is 0 Å². The van der Waals surface area contributed by atoms with Gasteiger partial charge in [-0.15, -0.1) is 0 Å². The molecule has 1 fully saturated rings. The van der Waals surface area contributed by atoms with E-state index in [1.54, 1.807) is 12.0 Å². The zero-order chi connectivity index (χ0) is 28.9. The van der Waals surface area contributed by atoms with E-state index in [9.17, 15) is 18.9 Å². The van der Waals surface area contributed by atoms with Crippen molar-refractivity contribution in [3.05, 3.63) is 42.1 Å². The number of nitrogens with one attached hydrogen (secondary N) is 1. The van der Waals surface area contributed by atoms with Gasteiger partial charge in [0.2, 0.25) is 0 Å². The number of hydrogen-bond acceptors (Lipinski definition) is 9. The summed E-state index contributed by atoms with van der Waals surface area (Å²) >= 11 is 0. The quantitative estimate of drug-likeness (QED) is 0.320. The first-order valence-electron chi connectivity index (χ1n) is 13.1. The van der Waals surface area contributed by atoms with Crippen LogP contribution in [-0.2, 0) is 18.8 Å². The first kappa shape index (κ1) is 30.8. The van der Waals surface area contributed by atoms with Gasteiger partial charge in [-0.05, 0) is 0 Å². The fourth-order valence-electron chi connectivity index (χ4n) is 3.90. The van der Waals surface area contributed by atoms with E-state index in [0.717, 1.165) is 12.8 Å². The van der Waals surface area contributed by atoms with Crippen LogP contribution in [0.2, 0.25) is 0 Å². The van der Waals surface area contributed by atoms with Crippen molar-refractivity contribution in [1.82, 2.24) is 25.1 Å². The number of amides is 3. The molecule has 0 bridgehead atoms. The molecular weight excluding hydrogens is 535 g/mol. The zero-order valence-corrected chi connectivity index (χ0v) is 23.9. The second-order valence-electron chi connectivity index (χ2n) is 9.12. The Bertz CT molecular complexity index is 1270. The Morgan fingerprint density at radius 1 is 1.10 bits per heavy atom. The molecule has 40 heavy (non-hydrogen) atoms. The molecule has 1 aromatic carbocycles. The van der Waals surface area contributed by atoms with Crippen molar-refractivity contribution in [2.45, 2.75) is 25.8 Å². The summed E-state index contributed by atoms with van der Waals surface area (Å²) in [4.78, 5) is 52.7. The molecule has 3 amide bonds. The topological polar surface area (TPSA) is 134 Å². The van der Waals surface area contributed by atoms with Crippen LogP contribution in [0.3, 0.4) is 0 Å². The normalized spacial score (nSPS) is 13.7. The molecule has 0 radical (unpaired) electrons. The number of anilines is 1. The van der Waals surface area contributed by atoms with E-state index >= 15 is 0 Å². The minimum absolute atomic E-state index is 0.0370. The molecule has 1 saturated heterocycles. The van der Waals surface area contributed by atoms with Gasteiger partial charge in [-0.2, -0.15) is 0 Å². The first-order valence-corrected chi connectivity index (χ1v) is 13.9. The molecule has 0 unspecified atom stereocenters. The molecule has 1 aliphatic rings. The van der Waals surface area contributed by atoms with Crippen LogP contribution in [0.4, 0.5) is 10.6 Å². The van der Waals surface area contributed by atoms with Crippen molar-refractivity contribution in [2.75, 3.05) is 65.0 Å². The second kappa shape index (κ2) is 15.8. The van der Waals surface area contributed by atoms with Gasteiger partial charge in [0.1, 0.15) is 0 Å². The maximum absolute atomic E-state index is 13.3. The number of aromatic nitrogens is 2. The summed E-state index contributed by atoms with van der Waals surface area (Å²) in [6, 6.07) is 9.46. The molecule has 1 aromatic heterocycles. The van der Waals surface area contributed by atoms with Gasteiger partial charge in [0, 0.05) is 0 Å². The molecule has 3 rings (SSSR count). The summed E-state index contributed by atoms with van der Waals surface area (Å²) in [7, 11) is 2.88. The fraction of sp³-hybridized carbons (Fsp3) is 0.481. The van der Waals surface area contributed by atoms with E-state index in [-0.39, 0.29) is 31.9 Å². The molecule has 12 nitrogen and oxygen atoms in total. The molecule has 2 aromatic rings. The van der Waals surface area contributed by atoms with Crippen molar-refractivity contribution in [3.63, 3.8) is 0 Å². The van der Waals surface area contributed by atoms with Crippen LogP contribution in [0.15, 0.2) is 36.4 Å². The number of benzene rings is 1. The summed E-state index contributed by atoms with van der Waals surface area (Å²) in [5.41, 5.74) is 3.23. The number of rotatable bonds is 11. The predicted octanol–water partition coefficient (Wildman–Crippen LogP) is 2.66. The van der Waals surface area contributed by atoms with Gasteiger partial charge in [-0.1, -0.05) is 6.92 Å². The van der Waals surface area contributed by atoms with Gasteiger partial charge in [-0.25, -0.2) is 0 Å². The van der Waals surface area contributed by atoms with Crippen molar-refractivity contribution in [1.29, 1.82) is 0 Å². The van der Waals surface area contributed by atoms with Crippen molar-refractivity contribution in [3.8, 4) is 17.0 Å². The van der Waals surface area contributed by atoms with Crippen molar-refractivity contribution in [2.24, 2.45) is 0 Å². The molecule has 13 heteroatoms. The third-order valence-corrected chi connectivity index (χ3v) is 6.64. The molecule has 0 spiro atoms. The molecule has 1 N–H and O–H groups in total. The van der Waals surface area contributed by atoms with E-state index < -0.39 is 31.9 Å². The molecule has 1 atom stereocenters. The van der Waals surface area contributed by atoms with E-state index in [0.29, 0.717) is 37.0 Å². The van der Waals surface area contributed by atoms with Crippen LogP contribution in [0.1, 0.15) is 30.3 Å². The van der Waals surface area contributed by atoms with E-state index in [1.165, 1.54) is 11.0 Å². The Morgan fingerprint density at radius 2 is 1.80 bits per heavy atom. The summed E-state index contributed by atoms with van der Waals surface area (Å²) < 4.78 is 21.8. The number of likely N-dealkylation sites (N-methyl/N-ethyl adjacent to an activating group) is 1. The number of carbonyl (C=O) groups excluding carboxylic acids is 3. The van der Waals surface area contributed by atoms with Gasteiger partial charge < -0.3 is 0 Å². The van der Waals surface area contributed by atoms with Crippen LogP contribution in [-0.4, -0.2) is 104 Å². The summed E-state index contributed by atoms with van der Waals surface area (Å²) in [5, 5.41) is 2.60. The van der Waals surface area contributed by atoms with Crippen LogP contribution in [0.25, 0.3) is 11.4 Å². The summed E-state index contributed by atoms with van der Waals surface area (Å²) in [5.74, 6) is -0.290. The van der Waals surface area contributed by atoms with Gasteiger partial charge in [0.25, 0.3) is 0 Å². The number of hydrogen-bond donors (Lipinski definition) is 1. The molecule has 0 saturated carbocycles. The van der Waals surface area contributed by atoms with Crippen LogP contribution in [0, 0.1) is 5.63 Å². The predicted molar refractivity (Wildman–Crippen MR) is 150 cm³/mol. The van der Waals surface area contributed by atoms with Crippen LogP contribution >= 0.6 is 7.92 Å². The number of nitrogens with zero attached hydrogens (tertiary/aromatic N) is 5. The summed E-state index contributed by atoms with van der Waals surface area (Å²) in [6.07, 6.45) is 1.30. The number of unbranched alkanes of at least 4 members (excludes halogenated alkanes) is 1. The monoisotopic (exact) mass is 570 g/mol. The Kier molecular flexibility index (Phi) is 12.1. The van der Waals surface area contributed by atoms with Crippen LogP contribution in [0.5, 0.6) is 0 Å². The molecule has 1 aliphatic heterocycles. The summed E-state index contributed by atoms with van der Waals surface area (Å²) in [6.45, 7) is 4.40. The fourth-order valence-corrected chi connectivity index (χ4v) is 4.18. The number of ether oxygens (including phenoxy) is 2. The van der Waals surface area contributed by atoms with Gasteiger partial charge in [0.05, 0.1) is 0 Å². The average Bonchev–Trinajstić information content (AvgIpc) is 2.99. The third-order valence-electron chi connectivity index (χ3n) is 6.28.